The van der Waals surface area contributed by atoms with E-state index in [-0.39, 0.29) is 5.75 Å². The van der Waals surface area contributed by atoms with Gasteiger partial charge in [-0.2, -0.15) is 0 Å². The van der Waals surface area contributed by atoms with E-state index in [1.807, 2.05) is 12.1 Å². The van der Waals surface area contributed by atoms with Crippen LogP contribution in [0.5, 0.6) is 0 Å². The highest BCUT2D eigenvalue weighted by atomic mass is 35.5. The Morgan fingerprint density at radius 3 is 2.55 bits per heavy atom. The van der Waals surface area contributed by atoms with Gasteiger partial charge >= 0.3 is 0 Å². The van der Waals surface area contributed by atoms with Gasteiger partial charge in [-0.3, -0.25) is 0 Å². The maximum atomic E-state index is 12.0. The first kappa shape index (κ1) is 15.8. The molecule has 0 atom stereocenters. The molecule has 0 unspecified atom stereocenters. The average molecular weight is 316 g/mol. The van der Waals surface area contributed by atoms with Gasteiger partial charge in [0.25, 0.3) is 0 Å². The molecule has 0 saturated heterocycles. The maximum Gasteiger partial charge on any atom is 0.178 e. The molecular formula is C15H22ClNO2S. The highest BCUT2D eigenvalue weighted by Gasteiger charge is 2.17. The smallest absolute Gasteiger partial charge is 0.178 e. The molecule has 0 aromatic heterocycles. The van der Waals surface area contributed by atoms with Crippen molar-refractivity contribution in [2.45, 2.75) is 31.1 Å². The van der Waals surface area contributed by atoms with Gasteiger partial charge in [-0.05, 0) is 49.1 Å². The van der Waals surface area contributed by atoms with Crippen LogP contribution in [0.3, 0.4) is 0 Å². The molecule has 1 aliphatic heterocycles. The molecule has 5 heteroatoms. The normalized spacial score (nSPS) is 16.7. The Morgan fingerprint density at radius 1 is 1.20 bits per heavy atom. The molecule has 1 heterocycles. The van der Waals surface area contributed by atoms with Crippen molar-refractivity contribution in [3.8, 4) is 0 Å². The highest BCUT2D eigenvalue weighted by Crippen LogP contribution is 2.21. The SMILES string of the molecule is CCS(=O)(=O)c1ccc2c(c1)CCN(CCCCl)CC2. The van der Waals surface area contributed by atoms with Crippen LogP contribution < -0.4 is 0 Å². The topological polar surface area (TPSA) is 37.4 Å². The lowest BCUT2D eigenvalue weighted by Gasteiger charge is -2.18. The number of halogens is 1. The van der Waals surface area contributed by atoms with Crippen molar-refractivity contribution in [2.75, 3.05) is 31.3 Å². The summed E-state index contributed by atoms with van der Waals surface area (Å²) in [6, 6.07) is 5.62. The standard InChI is InChI=1S/C15H22ClNO2S/c1-2-20(18,19)15-5-4-13-6-10-17(9-3-8-16)11-7-14(13)12-15/h4-5,12H,2-3,6-11H2,1H3. The summed E-state index contributed by atoms with van der Waals surface area (Å²) in [5.74, 6) is 0.857. The fourth-order valence-corrected chi connectivity index (χ4v) is 3.66. The third-order valence-corrected chi connectivity index (χ3v) is 5.92. The van der Waals surface area contributed by atoms with Gasteiger partial charge in [0, 0.05) is 19.0 Å². The third kappa shape index (κ3) is 3.74. The highest BCUT2D eigenvalue weighted by molar-refractivity contribution is 7.91. The molecule has 0 fully saturated rings. The number of hydrogen-bond donors (Lipinski definition) is 0. The fourth-order valence-electron chi connectivity index (χ4n) is 2.61. The van der Waals surface area contributed by atoms with Crippen LogP contribution in [-0.4, -0.2) is 44.6 Å². The van der Waals surface area contributed by atoms with Crippen molar-refractivity contribution in [1.29, 1.82) is 0 Å². The summed E-state index contributed by atoms with van der Waals surface area (Å²) in [7, 11) is -3.10. The Balaban J connectivity index is 2.16. The van der Waals surface area contributed by atoms with Gasteiger partial charge < -0.3 is 4.90 Å². The largest absolute Gasteiger partial charge is 0.303 e. The number of benzene rings is 1. The minimum absolute atomic E-state index is 0.160. The number of rotatable bonds is 5. The first-order chi connectivity index (χ1) is 9.56. The van der Waals surface area contributed by atoms with E-state index in [2.05, 4.69) is 4.90 Å². The molecule has 20 heavy (non-hydrogen) atoms. The van der Waals surface area contributed by atoms with E-state index >= 15 is 0 Å². The van der Waals surface area contributed by atoms with Crippen LogP contribution in [0.25, 0.3) is 0 Å². The first-order valence-corrected chi connectivity index (χ1v) is 9.38. The van der Waals surface area contributed by atoms with Crippen molar-refractivity contribution in [1.82, 2.24) is 4.90 Å². The number of hydrogen-bond acceptors (Lipinski definition) is 3. The second-order valence-electron chi connectivity index (χ2n) is 5.22. The number of fused-ring (bicyclic) bond motifs is 1. The fraction of sp³-hybridized carbons (Fsp3) is 0.600. The molecule has 1 aliphatic rings. The summed E-state index contributed by atoms with van der Waals surface area (Å²) in [4.78, 5) is 2.88. The Labute approximate surface area is 126 Å². The summed E-state index contributed by atoms with van der Waals surface area (Å²) < 4.78 is 23.9. The van der Waals surface area contributed by atoms with Crippen LogP contribution in [0.2, 0.25) is 0 Å². The Hall–Kier alpha value is -0.580. The number of nitrogens with zero attached hydrogens (tertiary/aromatic N) is 1. The van der Waals surface area contributed by atoms with Gasteiger partial charge in [0.1, 0.15) is 0 Å². The van der Waals surface area contributed by atoms with Gasteiger partial charge in [0.15, 0.2) is 9.84 Å². The summed E-state index contributed by atoms with van der Waals surface area (Å²) in [5, 5.41) is 0. The summed E-state index contributed by atoms with van der Waals surface area (Å²) in [5.41, 5.74) is 2.47. The van der Waals surface area contributed by atoms with E-state index in [4.69, 9.17) is 11.6 Å². The monoisotopic (exact) mass is 315 g/mol. The van der Waals surface area contributed by atoms with E-state index < -0.39 is 9.84 Å². The third-order valence-electron chi connectivity index (χ3n) is 3.92. The molecule has 0 saturated carbocycles. The van der Waals surface area contributed by atoms with E-state index in [1.165, 1.54) is 11.1 Å². The Morgan fingerprint density at radius 2 is 1.90 bits per heavy atom. The molecule has 0 bridgehead atoms. The van der Waals surface area contributed by atoms with Crippen LogP contribution >= 0.6 is 11.6 Å². The molecule has 0 N–H and O–H groups in total. The van der Waals surface area contributed by atoms with Crippen LogP contribution in [0.15, 0.2) is 23.1 Å². The summed E-state index contributed by atoms with van der Waals surface area (Å²) in [6.45, 7) is 4.73. The molecule has 0 radical (unpaired) electrons. The lowest BCUT2D eigenvalue weighted by molar-refractivity contribution is 0.289. The lowest BCUT2D eigenvalue weighted by Crippen LogP contribution is -2.27. The minimum Gasteiger partial charge on any atom is -0.303 e. The molecule has 1 aromatic rings. The predicted octanol–water partition coefficient (Wildman–Crippen LogP) is 2.51. The van der Waals surface area contributed by atoms with Gasteiger partial charge in [0.2, 0.25) is 0 Å². The zero-order valence-electron chi connectivity index (χ0n) is 11.9. The van der Waals surface area contributed by atoms with Crippen LogP contribution in [0, 0.1) is 0 Å². The van der Waals surface area contributed by atoms with Gasteiger partial charge in [-0.1, -0.05) is 13.0 Å². The van der Waals surface area contributed by atoms with E-state index in [0.717, 1.165) is 38.9 Å². The number of alkyl halides is 1. The van der Waals surface area contributed by atoms with E-state index in [9.17, 15) is 8.42 Å². The van der Waals surface area contributed by atoms with Crippen LogP contribution in [0.4, 0.5) is 0 Å². The second-order valence-corrected chi connectivity index (χ2v) is 7.87. The number of sulfone groups is 1. The van der Waals surface area contributed by atoms with Crippen molar-refractivity contribution < 1.29 is 8.42 Å². The van der Waals surface area contributed by atoms with Crippen molar-refractivity contribution in [3.63, 3.8) is 0 Å². The Bertz CT molecular complexity index is 557. The van der Waals surface area contributed by atoms with Gasteiger partial charge in [-0.15, -0.1) is 11.6 Å². The maximum absolute atomic E-state index is 12.0. The van der Waals surface area contributed by atoms with Crippen LogP contribution in [0.1, 0.15) is 24.5 Å². The lowest BCUT2D eigenvalue weighted by atomic mass is 10.0. The van der Waals surface area contributed by atoms with Crippen molar-refractivity contribution in [2.24, 2.45) is 0 Å². The molecular weight excluding hydrogens is 294 g/mol. The van der Waals surface area contributed by atoms with E-state index in [0.29, 0.717) is 10.8 Å². The molecule has 0 amide bonds. The van der Waals surface area contributed by atoms with Crippen molar-refractivity contribution in [3.05, 3.63) is 29.3 Å². The predicted molar refractivity (Wildman–Crippen MR) is 83.4 cm³/mol. The molecule has 3 nitrogen and oxygen atoms in total. The first-order valence-electron chi connectivity index (χ1n) is 7.19. The van der Waals surface area contributed by atoms with E-state index in [1.54, 1.807) is 13.0 Å². The van der Waals surface area contributed by atoms with Crippen molar-refractivity contribution >= 4 is 21.4 Å². The average Bonchev–Trinajstić information content (AvgIpc) is 2.66. The molecule has 0 spiro atoms. The quantitative estimate of drug-likeness (QED) is 0.784. The Kier molecular flexibility index (Phi) is 5.47. The summed E-state index contributed by atoms with van der Waals surface area (Å²) in [6.07, 6.45) is 2.92. The summed E-state index contributed by atoms with van der Waals surface area (Å²) >= 11 is 5.74. The molecule has 1 aromatic carbocycles. The minimum atomic E-state index is -3.10. The van der Waals surface area contributed by atoms with Gasteiger partial charge in [-0.25, -0.2) is 8.42 Å². The zero-order chi connectivity index (χ0) is 14.6. The van der Waals surface area contributed by atoms with Crippen LogP contribution in [-0.2, 0) is 22.7 Å². The molecule has 112 valence electrons. The van der Waals surface area contributed by atoms with Gasteiger partial charge in [0.05, 0.1) is 10.6 Å². The molecule has 2 rings (SSSR count). The second kappa shape index (κ2) is 6.92. The zero-order valence-corrected chi connectivity index (χ0v) is 13.5. The molecule has 0 aliphatic carbocycles.